The average Bonchev–Trinajstić information content (AvgIpc) is 2.71. The predicted octanol–water partition coefficient (Wildman–Crippen LogP) is 1.57. The Labute approximate surface area is 113 Å². The van der Waals surface area contributed by atoms with Gasteiger partial charge in [-0.2, -0.15) is 5.26 Å². The Kier molecular flexibility index (Phi) is 4.76. The fourth-order valence-corrected chi connectivity index (χ4v) is 2.37. The first-order chi connectivity index (χ1) is 8.82. The van der Waals surface area contributed by atoms with Gasteiger partial charge in [-0.05, 0) is 26.7 Å². The second-order valence-corrected chi connectivity index (χ2v) is 5.44. The number of hydrogen-bond donors (Lipinski definition) is 2. The van der Waals surface area contributed by atoms with Crippen LogP contribution in [-0.4, -0.2) is 41.1 Å². The number of carboxylic acids is 1. The van der Waals surface area contributed by atoms with Gasteiger partial charge < -0.3 is 15.3 Å². The number of carboxylic acid groups (broad SMARTS) is 1. The van der Waals surface area contributed by atoms with Crippen molar-refractivity contribution in [2.45, 2.75) is 51.6 Å². The van der Waals surface area contributed by atoms with Gasteiger partial charge in [-0.3, -0.25) is 4.79 Å². The van der Waals surface area contributed by atoms with Gasteiger partial charge >= 0.3 is 12.0 Å². The first kappa shape index (κ1) is 15.3. The van der Waals surface area contributed by atoms with E-state index < -0.39 is 11.4 Å². The lowest BCUT2D eigenvalue weighted by atomic mass is 9.85. The predicted molar refractivity (Wildman–Crippen MR) is 69.4 cm³/mol. The molecule has 1 aliphatic carbocycles. The van der Waals surface area contributed by atoms with E-state index in [0.717, 1.165) is 6.42 Å². The molecule has 1 aliphatic rings. The summed E-state index contributed by atoms with van der Waals surface area (Å²) >= 11 is 0. The molecule has 0 aromatic heterocycles. The average molecular weight is 267 g/mol. The highest BCUT2D eigenvalue weighted by molar-refractivity contribution is 5.79. The van der Waals surface area contributed by atoms with Crippen LogP contribution in [0.4, 0.5) is 4.79 Å². The van der Waals surface area contributed by atoms with Crippen molar-refractivity contribution < 1.29 is 14.7 Å². The molecule has 0 saturated heterocycles. The van der Waals surface area contributed by atoms with E-state index in [1.807, 2.05) is 6.07 Å². The molecule has 2 N–H and O–H groups in total. The highest BCUT2D eigenvalue weighted by Gasteiger charge is 2.46. The van der Waals surface area contributed by atoms with E-state index in [9.17, 15) is 14.7 Å². The minimum atomic E-state index is -0.894. The van der Waals surface area contributed by atoms with E-state index >= 15 is 0 Å². The number of nitrogens with zero attached hydrogens (tertiary/aromatic N) is 2. The van der Waals surface area contributed by atoms with Gasteiger partial charge in [0.1, 0.15) is 0 Å². The number of nitrogens with one attached hydrogen (secondary N) is 1. The Bertz CT molecular complexity index is 404. The first-order valence-electron chi connectivity index (χ1n) is 6.46. The number of rotatable bonds is 4. The molecule has 1 rings (SSSR count). The summed E-state index contributed by atoms with van der Waals surface area (Å²) in [4.78, 5) is 24.8. The molecule has 106 valence electrons. The first-order valence-corrected chi connectivity index (χ1v) is 6.46. The largest absolute Gasteiger partial charge is 0.481 e. The maximum atomic E-state index is 12.0. The summed E-state index contributed by atoms with van der Waals surface area (Å²) in [6, 6.07) is 1.15. The van der Waals surface area contributed by atoms with Crippen molar-refractivity contribution in [3.05, 3.63) is 0 Å². The number of aliphatic carboxylic acids is 1. The van der Waals surface area contributed by atoms with Crippen LogP contribution in [0.5, 0.6) is 0 Å². The van der Waals surface area contributed by atoms with Crippen molar-refractivity contribution in [3.63, 3.8) is 0 Å². The van der Waals surface area contributed by atoms with Crippen molar-refractivity contribution in [2.24, 2.45) is 5.41 Å². The monoisotopic (exact) mass is 267 g/mol. The summed E-state index contributed by atoms with van der Waals surface area (Å²) < 4.78 is 0. The third-order valence-corrected chi connectivity index (χ3v) is 4.11. The van der Waals surface area contributed by atoms with Gasteiger partial charge in [0.15, 0.2) is 0 Å². The Morgan fingerprint density at radius 3 is 2.79 bits per heavy atom. The van der Waals surface area contributed by atoms with Gasteiger partial charge in [0, 0.05) is 19.1 Å². The SMILES string of the molecule is CC(CC#N)N(C)C(=O)NC1CCCC1(C)C(=O)O. The third-order valence-electron chi connectivity index (χ3n) is 4.11. The second-order valence-electron chi connectivity index (χ2n) is 5.44. The van der Waals surface area contributed by atoms with Crippen molar-refractivity contribution in [2.75, 3.05) is 7.05 Å². The molecular formula is C13H21N3O3. The molecule has 1 fully saturated rings. The van der Waals surface area contributed by atoms with E-state index in [1.54, 1.807) is 20.9 Å². The van der Waals surface area contributed by atoms with E-state index in [-0.39, 0.29) is 24.5 Å². The summed E-state index contributed by atoms with van der Waals surface area (Å²) in [5.74, 6) is -0.872. The lowest BCUT2D eigenvalue weighted by Gasteiger charge is -2.31. The number of carbonyl (C=O) groups is 2. The molecule has 0 aromatic carbocycles. The summed E-state index contributed by atoms with van der Waals surface area (Å²) in [7, 11) is 1.62. The Morgan fingerprint density at radius 2 is 2.26 bits per heavy atom. The molecule has 0 heterocycles. The Balaban J connectivity index is 2.67. The lowest BCUT2D eigenvalue weighted by molar-refractivity contribution is -0.148. The van der Waals surface area contributed by atoms with Crippen LogP contribution in [0.15, 0.2) is 0 Å². The zero-order valence-corrected chi connectivity index (χ0v) is 11.6. The van der Waals surface area contributed by atoms with Crippen molar-refractivity contribution >= 4 is 12.0 Å². The normalized spacial score (nSPS) is 27.4. The van der Waals surface area contributed by atoms with Crippen LogP contribution in [0.2, 0.25) is 0 Å². The third kappa shape index (κ3) is 3.16. The lowest BCUT2D eigenvalue weighted by Crippen LogP contribution is -2.52. The number of amides is 2. The fraction of sp³-hybridized carbons (Fsp3) is 0.769. The Hall–Kier alpha value is -1.77. The molecule has 0 spiro atoms. The van der Waals surface area contributed by atoms with Gasteiger partial charge in [-0.15, -0.1) is 0 Å². The minimum absolute atomic E-state index is 0.192. The van der Waals surface area contributed by atoms with Gasteiger partial charge in [-0.1, -0.05) is 6.42 Å². The summed E-state index contributed by atoms with van der Waals surface area (Å²) in [5, 5.41) is 20.7. The van der Waals surface area contributed by atoms with Crippen molar-refractivity contribution in [3.8, 4) is 6.07 Å². The van der Waals surface area contributed by atoms with Crippen LogP contribution in [0.25, 0.3) is 0 Å². The topological polar surface area (TPSA) is 93.4 Å². The van der Waals surface area contributed by atoms with Crippen LogP contribution in [0, 0.1) is 16.7 Å². The van der Waals surface area contributed by atoms with Gasteiger partial charge in [0.25, 0.3) is 0 Å². The number of hydrogen-bond acceptors (Lipinski definition) is 3. The molecule has 19 heavy (non-hydrogen) atoms. The van der Waals surface area contributed by atoms with Crippen molar-refractivity contribution in [1.82, 2.24) is 10.2 Å². The van der Waals surface area contributed by atoms with Crippen LogP contribution >= 0.6 is 0 Å². The molecule has 0 aliphatic heterocycles. The second kappa shape index (κ2) is 5.91. The summed E-state index contributed by atoms with van der Waals surface area (Å²) in [5.41, 5.74) is -0.894. The van der Waals surface area contributed by atoms with Gasteiger partial charge in [0.2, 0.25) is 0 Å². The highest BCUT2D eigenvalue weighted by atomic mass is 16.4. The van der Waals surface area contributed by atoms with Gasteiger partial charge in [0.05, 0.1) is 17.9 Å². The maximum absolute atomic E-state index is 12.0. The number of carbonyl (C=O) groups excluding carboxylic acids is 1. The zero-order chi connectivity index (χ0) is 14.6. The molecule has 6 nitrogen and oxygen atoms in total. The van der Waals surface area contributed by atoms with E-state index in [4.69, 9.17) is 5.26 Å². The molecule has 6 heteroatoms. The molecule has 0 bridgehead atoms. The molecule has 2 amide bonds. The van der Waals surface area contributed by atoms with Crippen LogP contribution in [-0.2, 0) is 4.79 Å². The van der Waals surface area contributed by atoms with E-state index in [2.05, 4.69) is 5.32 Å². The minimum Gasteiger partial charge on any atom is -0.481 e. The van der Waals surface area contributed by atoms with Crippen LogP contribution in [0.3, 0.4) is 0 Å². The zero-order valence-electron chi connectivity index (χ0n) is 11.6. The highest BCUT2D eigenvalue weighted by Crippen LogP contribution is 2.38. The summed E-state index contributed by atoms with van der Waals surface area (Å²) in [6.07, 6.45) is 2.30. The van der Waals surface area contributed by atoms with Crippen LogP contribution < -0.4 is 5.32 Å². The molecule has 3 atom stereocenters. The van der Waals surface area contributed by atoms with Crippen LogP contribution in [0.1, 0.15) is 39.5 Å². The van der Waals surface area contributed by atoms with E-state index in [1.165, 1.54) is 4.90 Å². The summed E-state index contributed by atoms with van der Waals surface area (Å²) in [6.45, 7) is 3.46. The number of urea groups is 1. The van der Waals surface area contributed by atoms with Crippen molar-refractivity contribution in [1.29, 1.82) is 5.26 Å². The quantitative estimate of drug-likeness (QED) is 0.808. The smallest absolute Gasteiger partial charge is 0.317 e. The Morgan fingerprint density at radius 1 is 1.63 bits per heavy atom. The fourth-order valence-electron chi connectivity index (χ4n) is 2.37. The number of nitriles is 1. The molecule has 3 unspecified atom stereocenters. The molecule has 0 radical (unpaired) electrons. The standard InChI is InChI=1S/C13H21N3O3/c1-9(6-8-14)16(3)12(19)15-10-5-4-7-13(10,2)11(17)18/h9-10H,4-7H2,1-3H3,(H,15,19)(H,17,18). The molecular weight excluding hydrogens is 246 g/mol. The molecule has 1 saturated carbocycles. The maximum Gasteiger partial charge on any atom is 0.317 e. The molecule has 0 aromatic rings. The van der Waals surface area contributed by atoms with Gasteiger partial charge in [-0.25, -0.2) is 4.79 Å². The van der Waals surface area contributed by atoms with E-state index in [0.29, 0.717) is 12.8 Å².